The van der Waals surface area contributed by atoms with E-state index in [1.807, 2.05) is 18.2 Å². The number of hydrogen-bond acceptors (Lipinski definition) is 5. The van der Waals surface area contributed by atoms with E-state index in [0.717, 1.165) is 25.1 Å². The van der Waals surface area contributed by atoms with Crippen molar-refractivity contribution in [3.63, 3.8) is 0 Å². The first-order chi connectivity index (χ1) is 12.7. The fourth-order valence-electron chi connectivity index (χ4n) is 3.34. The highest BCUT2D eigenvalue weighted by molar-refractivity contribution is 5.42. The van der Waals surface area contributed by atoms with Crippen LogP contribution in [0.15, 0.2) is 42.5 Å². The number of rotatable bonds is 8. The van der Waals surface area contributed by atoms with Gasteiger partial charge in [-0.3, -0.25) is 4.90 Å². The normalized spacial score (nSPS) is 14.8. The molecular formula is C21H27ClNO4-. The first-order valence-electron chi connectivity index (χ1n) is 8.95. The number of β-amino-alcohol motifs (C(OH)–C–C–N with tert-alkyl or cyclic N) is 1. The largest absolute Gasteiger partial charge is 1.00 e. The van der Waals surface area contributed by atoms with Crippen LogP contribution in [0, 0.1) is 0 Å². The van der Waals surface area contributed by atoms with Crippen molar-refractivity contribution in [3.05, 3.63) is 59.2 Å². The molecule has 0 bridgehead atoms. The van der Waals surface area contributed by atoms with Gasteiger partial charge in [0.1, 0.15) is 0 Å². The van der Waals surface area contributed by atoms with Gasteiger partial charge in [0, 0.05) is 19.6 Å². The van der Waals surface area contributed by atoms with Gasteiger partial charge in [-0.25, -0.2) is 0 Å². The number of nitrogens with zero attached hydrogens (tertiary/aromatic N) is 1. The molecule has 0 aliphatic carbocycles. The lowest BCUT2D eigenvalue weighted by atomic mass is 10.00. The quantitative estimate of drug-likeness (QED) is 0.665. The van der Waals surface area contributed by atoms with Crippen molar-refractivity contribution >= 4 is 0 Å². The van der Waals surface area contributed by atoms with Gasteiger partial charge in [0.15, 0.2) is 11.5 Å². The molecule has 6 heteroatoms. The van der Waals surface area contributed by atoms with Crippen LogP contribution in [0.2, 0.25) is 0 Å². The second-order valence-corrected chi connectivity index (χ2v) is 6.61. The Balaban J connectivity index is 0.00000261. The maximum Gasteiger partial charge on any atom is 0.161 e. The van der Waals surface area contributed by atoms with Crippen LogP contribution >= 0.6 is 0 Å². The zero-order chi connectivity index (χ0) is 18.4. The van der Waals surface area contributed by atoms with Crippen molar-refractivity contribution in [2.45, 2.75) is 25.7 Å². The number of halogens is 1. The van der Waals surface area contributed by atoms with Crippen molar-refractivity contribution in [2.75, 3.05) is 33.9 Å². The van der Waals surface area contributed by atoms with E-state index in [2.05, 4.69) is 29.2 Å². The van der Waals surface area contributed by atoms with E-state index in [1.165, 1.54) is 11.1 Å². The highest BCUT2D eigenvalue weighted by Crippen LogP contribution is 2.27. The van der Waals surface area contributed by atoms with Crippen LogP contribution in [0.5, 0.6) is 11.5 Å². The lowest BCUT2D eigenvalue weighted by Crippen LogP contribution is -3.00. The van der Waals surface area contributed by atoms with Crippen molar-refractivity contribution in [1.82, 2.24) is 4.90 Å². The van der Waals surface area contributed by atoms with E-state index in [1.54, 1.807) is 14.2 Å². The molecule has 0 saturated carbocycles. The predicted octanol–water partition coefficient (Wildman–Crippen LogP) is -0.356. The molecule has 27 heavy (non-hydrogen) atoms. The fourth-order valence-corrected chi connectivity index (χ4v) is 3.34. The third kappa shape index (κ3) is 5.84. The van der Waals surface area contributed by atoms with Gasteiger partial charge in [0.05, 0.1) is 33.5 Å². The molecule has 3 rings (SSSR count). The number of methoxy groups -OCH3 is 2. The van der Waals surface area contributed by atoms with Gasteiger partial charge in [-0.15, -0.1) is 0 Å². The van der Waals surface area contributed by atoms with Crippen molar-refractivity contribution < 1.29 is 31.7 Å². The Morgan fingerprint density at radius 2 is 1.78 bits per heavy atom. The minimum atomic E-state index is -0.500. The molecule has 1 heterocycles. The average Bonchev–Trinajstić information content (AvgIpc) is 2.67. The summed E-state index contributed by atoms with van der Waals surface area (Å²) in [7, 11) is 3.23. The Kier molecular flexibility index (Phi) is 8.38. The molecule has 0 saturated heterocycles. The molecule has 0 spiro atoms. The van der Waals surface area contributed by atoms with Crippen LogP contribution in [0.25, 0.3) is 0 Å². The van der Waals surface area contributed by atoms with E-state index in [4.69, 9.17) is 14.2 Å². The van der Waals surface area contributed by atoms with Gasteiger partial charge in [0.25, 0.3) is 0 Å². The molecule has 1 unspecified atom stereocenters. The molecule has 1 atom stereocenters. The molecule has 0 amide bonds. The number of benzene rings is 2. The molecule has 2 aromatic rings. The van der Waals surface area contributed by atoms with Crippen LogP contribution in [0.1, 0.15) is 16.7 Å². The lowest BCUT2D eigenvalue weighted by molar-refractivity contribution is -0.0000134. The van der Waals surface area contributed by atoms with Gasteiger partial charge >= 0.3 is 0 Å². The van der Waals surface area contributed by atoms with Crippen LogP contribution < -0.4 is 21.9 Å². The number of aliphatic hydroxyl groups excluding tert-OH is 1. The Morgan fingerprint density at radius 1 is 1.04 bits per heavy atom. The third-order valence-electron chi connectivity index (χ3n) is 4.71. The lowest BCUT2D eigenvalue weighted by Gasteiger charge is -2.30. The summed E-state index contributed by atoms with van der Waals surface area (Å²) in [6.07, 6.45) is 0.537. The van der Waals surface area contributed by atoms with E-state index >= 15 is 0 Å². The summed E-state index contributed by atoms with van der Waals surface area (Å²) in [6.45, 7) is 3.24. The predicted molar refractivity (Wildman–Crippen MR) is 101 cm³/mol. The number of hydrogen-bond donors (Lipinski definition) is 1. The van der Waals surface area contributed by atoms with Gasteiger partial charge in [-0.05, 0) is 35.2 Å². The maximum absolute atomic E-state index is 10.3. The summed E-state index contributed by atoms with van der Waals surface area (Å²) in [6, 6.07) is 14.2. The van der Waals surface area contributed by atoms with Crippen LogP contribution in [0.3, 0.4) is 0 Å². The minimum Gasteiger partial charge on any atom is -1.00 e. The second-order valence-electron chi connectivity index (χ2n) is 6.61. The molecule has 1 aliphatic heterocycles. The zero-order valence-corrected chi connectivity index (χ0v) is 16.6. The van der Waals surface area contributed by atoms with Crippen molar-refractivity contribution in [3.8, 4) is 11.5 Å². The van der Waals surface area contributed by atoms with Crippen molar-refractivity contribution in [2.24, 2.45) is 0 Å². The Hall–Kier alpha value is -1.79. The topological polar surface area (TPSA) is 51.2 Å². The number of fused-ring (bicyclic) bond motifs is 1. The van der Waals surface area contributed by atoms with Gasteiger partial charge in [0.2, 0.25) is 0 Å². The van der Waals surface area contributed by atoms with E-state index < -0.39 is 6.10 Å². The second kappa shape index (κ2) is 10.5. The Bertz CT molecular complexity index is 725. The van der Waals surface area contributed by atoms with E-state index in [-0.39, 0.29) is 12.4 Å². The van der Waals surface area contributed by atoms with E-state index in [9.17, 15) is 5.11 Å². The SMILES string of the molecule is COc1ccc(COCC(O)CN2CCc3ccccc3C2)cc1OC.[Cl-]. The smallest absolute Gasteiger partial charge is 0.161 e. The first-order valence-corrected chi connectivity index (χ1v) is 8.95. The zero-order valence-electron chi connectivity index (χ0n) is 15.9. The maximum atomic E-state index is 10.3. The van der Waals surface area contributed by atoms with Crippen molar-refractivity contribution in [1.29, 1.82) is 0 Å². The summed E-state index contributed by atoms with van der Waals surface area (Å²) in [5, 5.41) is 10.3. The monoisotopic (exact) mass is 392 g/mol. The summed E-state index contributed by atoms with van der Waals surface area (Å²) < 4.78 is 16.2. The summed E-state index contributed by atoms with van der Waals surface area (Å²) >= 11 is 0. The number of aliphatic hydroxyl groups is 1. The van der Waals surface area contributed by atoms with Gasteiger partial charge < -0.3 is 31.7 Å². The highest BCUT2D eigenvalue weighted by atomic mass is 35.5. The highest BCUT2D eigenvalue weighted by Gasteiger charge is 2.18. The summed E-state index contributed by atoms with van der Waals surface area (Å²) in [5.41, 5.74) is 3.77. The minimum absolute atomic E-state index is 0. The molecule has 1 N–H and O–H groups in total. The first kappa shape index (κ1) is 21.5. The molecule has 1 aliphatic rings. The Morgan fingerprint density at radius 3 is 2.52 bits per heavy atom. The van der Waals surface area contributed by atoms with Crippen LogP contribution in [-0.4, -0.2) is 50.0 Å². The molecule has 5 nitrogen and oxygen atoms in total. The summed E-state index contributed by atoms with van der Waals surface area (Å²) in [4.78, 5) is 2.28. The van der Waals surface area contributed by atoms with Crippen LogP contribution in [0.4, 0.5) is 0 Å². The van der Waals surface area contributed by atoms with Crippen LogP contribution in [-0.2, 0) is 24.3 Å². The molecular weight excluding hydrogens is 366 g/mol. The van der Waals surface area contributed by atoms with E-state index in [0.29, 0.717) is 31.3 Å². The molecule has 0 fully saturated rings. The fraction of sp³-hybridized carbons (Fsp3) is 0.429. The molecule has 148 valence electrons. The summed E-state index contributed by atoms with van der Waals surface area (Å²) in [5.74, 6) is 1.38. The molecule has 0 aromatic heterocycles. The third-order valence-corrected chi connectivity index (χ3v) is 4.71. The molecule has 2 aromatic carbocycles. The van der Waals surface area contributed by atoms with Gasteiger partial charge in [-0.1, -0.05) is 30.3 Å². The van der Waals surface area contributed by atoms with Gasteiger partial charge in [-0.2, -0.15) is 0 Å². The molecule has 0 radical (unpaired) electrons. The standard InChI is InChI=1S/C21H27NO4.ClH/c1-24-20-8-7-16(11-21(20)25-2)14-26-15-19(23)13-22-10-9-17-5-3-4-6-18(17)12-22;/h3-8,11,19,23H,9-10,12-15H2,1-2H3;1H/p-1. The number of ether oxygens (including phenoxy) is 3. The average molecular weight is 393 g/mol. The Labute approximate surface area is 167 Å².